The zero-order chi connectivity index (χ0) is 7.28. The van der Waals surface area contributed by atoms with Gasteiger partial charge in [0, 0.05) is 25.1 Å². The number of hydrogen-bond donors (Lipinski definition) is 2. The van der Waals surface area contributed by atoms with Gasteiger partial charge in [-0.05, 0) is 6.42 Å². The van der Waals surface area contributed by atoms with Gasteiger partial charge in [-0.25, -0.2) is 0 Å². The third kappa shape index (κ3) is 7.14. The van der Waals surface area contributed by atoms with E-state index in [9.17, 15) is 9.90 Å². The maximum atomic E-state index is 9.79. The molecule has 0 spiro atoms. The van der Waals surface area contributed by atoms with Crippen molar-refractivity contribution in [3.05, 3.63) is 0 Å². The van der Waals surface area contributed by atoms with E-state index in [0.717, 1.165) is 0 Å². The Morgan fingerprint density at radius 3 is 1.90 bits per heavy atom. The molecule has 0 rings (SSSR count). The minimum absolute atomic E-state index is 0. The first-order chi connectivity index (χ1) is 4.20. The molecule has 0 amide bonds. The molecule has 0 bridgehead atoms. The third-order valence-corrected chi connectivity index (χ3v) is 0.972. The summed E-state index contributed by atoms with van der Waals surface area (Å²) < 4.78 is 0. The molecule has 5 heteroatoms. The van der Waals surface area contributed by atoms with Gasteiger partial charge in [0.15, 0.2) is 0 Å². The van der Waals surface area contributed by atoms with Crippen LogP contribution in [0.15, 0.2) is 0 Å². The van der Waals surface area contributed by atoms with E-state index in [4.69, 9.17) is 10.2 Å². The standard InChI is InChI=1S/C5H10O4.K/c6-2-4(3-7)1-5(8)9;/h4,6-7H,1-3H2,(H,8,9);/q;+1/p-1. The Labute approximate surface area is 102 Å². The number of aliphatic carboxylic acids is 1. The molecule has 0 fully saturated rings. The second-order valence-corrected chi connectivity index (χ2v) is 1.81. The van der Waals surface area contributed by atoms with Crippen LogP contribution in [0.3, 0.4) is 0 Å². The van der Waals surface area contributed by atoms with Crippen molar-refractivity contribution in [2.45, 2.75) is 6.42 Å². The van der Waals surface area contributed by atoms with E-state index in [2.05, 4.69) is 0 Å². The first-order valence-electron chi connectivity index (χ1n) is 2.62. The van der Waals surface area contributed by atoms with Crippen LogP contribution in [-0.4, -0.2) is 29.4 Å². The first-order valence-corrected chi connectivity index (χ1v) is 2.62. The zero-order valence-electron chi connectivity index (χ0n) is 5.91. The number of aliphatic hydroxyl groups excluding tert-OH is 2. The van der Waals surface area contributed by atoms with Crippen molar-refractivity contribution < 1.29 is 71.5 Å². The van der Waals surface area contributed by atoms with Crippen LogP contribution < -0.4 is 56.5 Å². The molecule has 0 saturated heterocycles. The van der Waals surface area contributed by atoms with Crippen molar-refractivity contribution in [1.29, 1.82) is 0 Å². The SMILES string of the molecule is O=C([O-])CC(CO)CO.[K+]. The van der Waals surface area contributed by atoms with E-state index in [1.165, 1.54) is 0 Å². The number of carboxylic acids is 1. The minimum atomic E-state index is -1.25. The van der Waals surface area contributed by atoms with Crippen LogP contribution in [0.2, 0.25) is 0 Å². The molecule has 0 radical (unpaired) electrons. The fraction of sp³-hybridized carbons (Fsp3) is 0.800. The molecule has 54 valence electrons. The Kier molecular flexibility index (Phi) is 11.1. The average molecular weight is 172 g/mol. The van der Waals surface area contributed by atoms with Gasteiger partial charge in [0.1, 0.15) is 0 Å². The van der Waals surface area contributed by atoms with Gasteiger partial charge in [-0.3, -0.25) is 0 Å². The van der Waals surface area contributed by atoms with Crippen molar-refractivity contribution in [3.8, 4) is 0 Å². The molecule has 0 aromatic heterocycles. The summed E-state index contributed by atoms with van der Waals surface area (Å²) in [5.41, 5.74) is 0. The number of carbonyl (C=O) groups excluding carboxylic acids is 1. The molecule has 4 nitrogen and oxygen atoms in total. The summed E-state index contributed by atoms with van der Waals surface area (Å²) >= 11 is 0. The molecule has 0 saturated carbocycles. The maximum absolute atomic E-state index is 9.79. The van der Waals surface area contributed by atoms with Crippen LogP contribution in [0.25, 0.3) is 0 Å². The van der Waals surface area contributed by atoms with E-state index in [0.29, 0.717) is 0 Å². The van der Waals surface area contributed by atoms with E-state index < -0.39 is 11.9 Å². The summed E-state index contributed by atoms with van der Waals surface area (Å²) in [5.74, 6) is -1.82. The number of aliphatic hydroxyl groups is 2. The number of carboxylic acid groups (broad SMARTS) is 1. The van der Waals surface area contributed by atoms with Gasteiger partial charge in [-0.1, -0.05) is 0 Å². The summed E-state index contributed by atoms with van der Waals surface area (Å²) in [6, 6.07) is 0. The second kappa shape index (κ2) is 8.13. The Morgan fingerprint density at radius 1 is 1.40 bits per heavy atom. The number of rotatable bonds is 4. The van der Waals surface area contributed by atoms with E-state index >= 15 is 0 Å². The predicted molar refractivity (Wildman–Crippen MR) is 27.3 cm³/mol. The first kappa shape index (κ1) is 13.6. The molecule has 0 aromatic rings. The summed E-state index contributed by atoms with van der Waals surface area (Å²) in [7, 11) is 0. The topological polar surface area (TPSA) is 80.6 Å². The quantitative estimate of drug-likeness (QED) is 0.415. The van der Waals surface area contributed by atoms with Gasteiger partial charge in [0.2, 0.25) is 0 Å². The molecule has 0 aromatic carbocycles. The fourth-order valence-corrected chi connectivity index (χ4v) is 0.423. The Hall–Kier alpha value is 1.03. The minimum Gasteiger partial charge on any atom is -0.550 e. The molecular weight excluding hydrogens is 163 g/mol. The van der Waals surface area contributed by atoms with Gasteiger partial charge >= 0.3 is 51.4 Å². The largest absolute Gasteiger partial charge is 1.00 e. The monoisotopic (exact) mass is 172 g/mol. The Morgan fingerprint density at radius 2 is 1.80 bits per heavy atom. The van der Waals surface area contributed by atoms with E-state index in [1.54, 1.807) is 0 Å². The summed E-state index contributed by atoms with van der Waals surface area (Å²) in [6.07, 6.45) is -0.285. The van der Waals surface area contributed by atoms with Crippen LogP contribution in [0.4, 0.5) is 0 Å². The van der Waals surface area contributed by atoms with Crippen LogP contribution in [0.5, 0.6) is 0 Å². The summed E-state index contributed by atoms with van der Waals surface area (Å²) in [4.78, 5) is 9.79. The molecule has 10 heavy (non-hydrogen) atoms. The smallest absolute Gasteiger partial charge is 0.550 e. The number of hydrogen-bond acceptors (Lipinski definition) is 4. The fourth-order valence-electron chi connectivity index (χ4n) is 0.423. The van der Waals surface area contributed by atoms with Crippen molar-refractivity contribution in [2.24, 2.45) is 5.92 Å². The van der Waals surface area contributed by atoms with Gasteiger partial charge in [0.25, 0.3) is 0 Å². The number of carbonyl (C=O) groups is 1. The molecule has 0 aliphatic carbocycles. The van der Waals surface area contributed by atoms with E-state index in [1.807, 2.05) is 0 Å². The molecule has 0 aliphatic heterocycles. The van der Waals surface area contributed by atoms with Gasteiger partial charge in [0.05, 0.1) is 0 Å². The molecule has 0 heterocycles. The van der Waals surface area contributed by atoms with Crippen LogP contribution in [0, 0.1) is 5.92 Å². The molecular formula is C5H9KO4. The van der Waals surface area contributed by atoms with Crippen LogP contribution >= 0.6 is 0 Å². The normalized spacial score (nSPS) is 9.10. The molecule has 0 unspecified atom stereocenters. The summed E-state index contributed by atoms with van der Waals surface area (Å²) in [5, 5.41) is 26.4. The van der Waals surface area contributed by atoms with Gasteiger partial charge < -0.3 is 20.1 Å². The van der Waals surface area contributed by atoms with Crippen LogP contribution in [0.1, 0.15) is 6.42 Å². The Bertz CT molecular complexity index is 91.6. The van der Waals surface area contributed by atoms with Crippen molar-refractivity contribution in [2.75, 3.05) is 13.2 Å². The van der Waals surface area contributed by atoms with Crippen molar-refractivity contribution in [1.82, 2.24) is 0 Å². The van der Waals surface area contributed by atoms with E-state index in [-0.39, 0.29) is 71.0 Å². The van der Waals surface area contributed by atoms with Crippen LogP contribution in [-0.2, 0) is 4.79 Å². The third-order valence-electron chi connectivity index (χ3n) is 0.972. The predicted octanol–water partition coefficient (Wildman–Crippen LogP) is -5.27. The van der Waals surface area contributed by atoms with Crippen molar-refractivity contribution >= 4 is 5.97 Å². The zero-order valence-corrected chi connectivity index (χ0v) is 9.03. The average Bonchev–Trinajstić information content (AvgIpc) is 1.82. The molecule has 2 N–H and O–H groups in total. The van der Waals surface area contributed by atoms with Gasteiger partial charge in [-0.15, -0.1) is 0 Å². The summed E-state index contributed by atoms with van der Waals surface area (Å²) in [6.45, 7) is -0.630. The molecule has 0 aliphatic rings. The van der Waals surface area contributed by atoms with Crippen molar-refractivity contribution in [3.63, 3.8) is 0 Å². The van der Waals surface area contributed by atoms with Gasteiger partial charge in [-0.2, -0.15) is 0 Å². The maximum Gasteiger partial charge on any atom is 1.00 e. The second-order valence-electron chi connectivity index (χ2n) is 1.81. The Balaban J connectivity index is 0. The molecule has 0 atom stereocenters.